The van der Waals surface area contributed by atoms with Crippen LogP contribution in [-0.2, 0) is 18.4 Å². The number of pyridine rings is 1. The third-order valence-electron chi connectivity index (χ3n) is 5.59. The summed E-state index contributed by atoms with van der Waals surface area (Å²) in [5.41, 5.74) is 2.10. The molecule has 1 amide bonds. The number of hydrogen-bond donors (Lipinski definition) is 2. The van der Waals surface area contributed by atoms with Gasteiger partial charge in [-0.2, -0.15) is 13.2 Å². The van der Waals surface area contributed by atoms with Gasteiger partial charge in [0.2, 0.25) is 0 Å². The van der Waals surface area contributed by atoms with E-state index >= 15 is 0 Å². The maximum absolute atomic E-state index is 13.3. The molecule has 1 atom stereocenters. The number of aliphatic carboxylic acids is 1. The monoisotopic (exact) mass is 505 g/mol. The molecule has 0 spiro atoms. The average Bonchev–Trinajstić information content (AvgIpc) is 3.25. The van der Waals surface area contributed by atoms with Crippen molar-refractivity contribution >= 4 is 11.9 Å². The molecule has 3 aromatic rings. The largest absolute Gasteiger partial charge is 0.490 e. The normalized spacial score (nSPS) is 15.7. The number of amides is 1. The van der Waals surface area contributed by atoms with Gasteiger partial charge in [-0.05, 0) is 24.6 Å². The lowest BCUT2D eigenvalue weighted by molar-refractivity contribution is -0.192. The van der Waals surface area contributed by atoms with Crippen LogP contribution in [0.1, 0.15) is 33.4 Å². The summed E-state index contributed by atoms with van der Waals surface area (Å²) in [6.07, 6.45) is 0.239. The summed E-state index contributed by atoms with van der Waals surface area (Å²) in [6.45, 7) is 4.29. The molecule has 1 unspecified atom stereocenters. The number of carbonyl (C=O) groups is 2. The number of aryl methyl sites for hydroxylation is 2. The van der Waals surface area contributed by atoms with E-state index in [9.17, 15) is 22.8 Å². The van der Waals surface area contributed by atoms with Crippen LogP contribution in [0.4, 0.5) is 13.2 Å². The predicted octanol–water partition coefficient (Wildman–Crippen LogP) is 2.36. The van der Waals surface area contributed by atoms with E-state index in [1.807, 2.05) is 49.0 Å². The number of nitrogens with zero attached hydrogens (tertiary/aromatic N) is 4. The zero-order valence-electron chi connectivity index (χ0n) is 19.7. The molecule has 1 fully saturated rings. The Morgan fingerprint density at radius 2 is 1.92 bits per heavy atom. The summed E-state index contributed by atoms with van der Waals surface area (Å²) in [4.78, 5) is 41.5. The van der Waals surface area contributed by atoms with E-state index in [0.717, 1.165) is 17.0 Å². The Balaban J connectivity index is 0.000000454. The first-order chi connectivity index (χ1) is 17.0. The number of benzene rings is 1. The standard InChI is InChI=1S/C22H25N5O2.C2HF3O2/c1-16-5-3-6-17(13-16)15-26-10-4-7-18(21(26)28)22(29)27-12-8-23-14-19(27)20-24-9-11-25(20)2;3-2(4,5)1(6)7/h3-7,9-11,13,19,23H,8,12,14-15H2,1-2H3;(H,6,7). The van der Waals surface area contributed by atoms with Crippen molar-refractivity contribution in [1.82, 2.24) is 24.3 Å². The first kappa shape index (κ1) is 26.7. The molecule has 192 valence electrons. The maximum atomic E-state index is 13.3. The van der Waals surface area contributed by atoms with E-state index in [1.54, 1.807) is 34.0 Å². The van der Waals surface area contributed by atoms with Crippen molar-refractivity contribution in [1.29, 1.82) is 0 Å². The summed E-state index contributed by atoms with van der Waals surface area (Å²) in [5, 5.41) is 10.4. The van der Waals surface area contributed by atoms with Gasteiger partial charge in [0.05, 0.1) is 6.54 Å². The second-order valence-electron chi connectivity index (χ2n) is 8.26. The zero-order valence-corrected chi connectivity index (χ0v) is 19.7. The van der Waals surface area contributed by atoms with E-state index in [2.05, 4.69) is 10.3 Å². The molecule has 2 aromatic heterocycles. The molecule has 2 N–H and O–H groups in total. The summed E-state index contributed by atoms with van der Waals surface area (Å²) in [5.74, 6) is -2.20. The number of halogens is 3. The van der Waals surface area contributed by atoms with Crippen molar-refractivity contribution in [3.8, 4) is 0 Å². The first-order valence-corrected chi connectivity index (χ1v) is 11.0. The molecule has 0 bridgehead atoms. The SMILES string of the molecule is Cc1cccc(Cn2cccc(C(=O)N3CCNCC3c3nccn3C)c2=O)c1.O=C(O)C(F)(F)F. The van der Waals surface area contributed by atoms with Crippen LogP contribution in [0.15, 0.2) is 59.8 Å². The summed E-state index contributed by atoms with van der Waals surface area (Å²) >= 11 is 0. The number of aromatic nitrogens is 3. The third kappa shape index (κ3) is 6.39. The van der Waals surface area contributed by atoms with E-state index < -0.39 is 12.1 Å². The number of piperazine rings is 1. The van der Waals surface area contributed by atoms with Gasteiger partial charge < -0.3 is 24.5 Å². The lowest BCUT2D eigenvalue weighted by atomic mass is 10.1. The van der Waals surface area contributed by atoms with Crippen LogP contribution in [0, 0.1) is 6.92 Å². The Labute approximate surface area is 204 Å². The minimum Gasteiger partial charge on any atom is -0.475 e. The van der Waals surface area contributed by atoms with E-state index in [1.165, 1.54) is 0 Å². The third-order valence-corrected chi connectivity index (χ3v) is 5.59. The van der Waals surface area contributed by atoms with Crippen LogP contribution < -0.4 is 10.9 Å². The molecule has 3 heterocycles. The average molecular weight is 505 g/mol. The van der Waals surface area contributed by atoms with Gasteiger partial charge in [0.25, 0.3) is 11.5 Å². The van der Waals surface area contributed by atoms with Crippen LogP contribution in [0.3, 0.4) is 0 Å². The van der Waals surface area contributed by atoms with Crippen molar-refractivity contribution in [2.45, 2.75) is 25.7 Å². The second-order valence-corrected chi connectivity index (χ2v) is 8.26. The van der Waals surface area contributed by atoms with Crippen molar-refractivity contribution in [2.24, 2.45) is 7.05 Å². The summed E-state index contributed by atoms with van der Waals surface area (Å²) in [6, 6.07) is 11.2. The Bertz CT molecular complexity index is 1280. The van der Waals surface area contributed by atoms with Crippen LogP contribution in [0.2, 0.25) is 0 Å². The summed E-state index contributed by atoms with van der Waals surface area (Å²) in [7, 11) is 1.91. The number of imidazole rings is 1. The number of nitrogens with one attached hydrogen (secondary N) is 1. The molecule has 0 saturated carbocycles. The van der Waals surface area contributed by atoms with E-state index in [-0.39, 0.29) is 23.1 Å². The molecule has 12 heteroatoms. The molecular formula is C24H26F3N5O4. The predicted molar refractivity (Wildman–Crippen MR) is 125 cm³/mol. The summed E-state index contributed by atoms with van der Waals surface area (Å²) < 4.78 is 35.2. The van der Waals surface area contributed by atoms with Gasteiger partial charge in [-0.1, -0.05) is 29.8 Å². The van der Waals surface area contributed by atoms with Crippen molar-refractivity contribution in [3.63, 3.8) is 0 Å². The minimum absolute atomic E-state index is 0.196. The van der Waals surface area contributed by atoms with E-state index in [0.29, 0.717) is 26.2 Å². The molecule has 1 aliphatic heterocycles. The van der Waals surface area contributed by atoms with Crippen LogP contribution in [0.5, 0.6) is 0 Å². The van der Waals surface area contributed by atoms with Crippen LogP contribution >= 0.6 is 0 Å². The maximum Gasteiger partial charge on any atom is 0.490 e. The van der Waals surface area contributed by atoms with Gasteiger partial charge >= 0.3 is 12.1 Å². The number of carboxylic acid groups (broad SMARTS) is 1. The molecule has 0 aliphatic carbocycles. The zero-order chi connectivity index (χ0) is 26.5. The Morgan fingerprint density at radius 3 is 2.53 bits per heavy atom. The molecule has 1 saturated heterocycles. The Morgan fingerprint density at radius 1 is 1.19 bits per heavy atom. The second kappa shape index (κ2) is 11.2. The van der Waals surface area contributed by atoms with Crippen molar-refractivity contribution < 1.29 is 27.9 Å². The highest BCUT2D eigenvalue weighted by Crippen LogP contribution is 2.22. The van der Waals surface area contributed by atoms with Gasteiger partial charge in [0, 0.05) is 45.3 Å². The highest BCUT2D eigenvalue weighted by Gasteiger charge is 2.38. The highest BCUT2D eigenvalue weighted by atomic mass is 19.4. The van der Waals surface area contributed by atoms with Crippen molar-refractivity contribution in [3.05, 3.63) is 87.9 Å². The Hall–Kier alpha value is -3.93. The Kier molecular flexibility index (Phi) is 8.30. The van der Waals surface area contributed by atoms with Gasteiger partial charge in [-0.15, -0.1) is 0 Å². The minimum atomic E-state index is -5.08. The number of alkyl halides is 3. The number of carbonyl (C=O) groups excluding carboxylic acids is 1. The lowest BCUT2D eigenvalue weighted by Gasteiger charge is -2.35. The van der Waals surface area contributed by atoms with Crippen LogP contribution in [-0.4, -0.2) is 61.8 Å². The molecule has 36 heavy (non-hydrogen) atoms. The molecule has 0 radical (unpaired) electrons. The first-order valence-electron chi connectivity index (χ1n) is 11.0. The fraction of sp³-hybridized carbons (Fsp3) is 0.333. The fourth-order valence-electron chi connectivity index (χ4n) is 3.86. The molecule has 1 aliphatic rings. The quantitative estimate of drug-likeness (QED) is 0.564. The smallest absolute Gasteiger partial charge is 0.475 e. The van der Waals surface area contributed by atoms with E-state index in [4.69, 9.17) is 9.90 Å². The lowest BCUT2D eigenvalue weighted by Crippen LogP contribution is -2.50. The highest BCUT2D eigenvalue weighted by molar-refractivity contribution is 5.94. The van der Waals surface area contributed by atoms with Gasteiger partial charge in [0.1, 0.15) is 17.4 Å². The van der Waals surface area contributed by atoms with Gasteiger partial charge in [-0.3, -0.25) is 9.59 Å². The number of rotatable bonds is 4. The number of carboxylic acids is 1. The van der Waals surface area contributed by atoms with Gasteiger partial charge in [-0.25, -0.2) is 9.78 Å². The van der Waals surface area contributed by atoms with Gasteiger partial charge in [0.15, 0.2) is 0 Å². The molecule has 1 aromatic carbocycles. The van der Waals surface area contributed by atoms with Crippen LogP contribution in [0.25, 0.3) is 0 Å². The molecule has 4 rings (SSSR count). The fourth-order valence-corrected chi connectivity index (χ4v) is 3.86. The van der Waals surface area contributed by atoms with Crippen molar-refractivity contribution in [2.75, 3.05) is 19.6 Å². The topological polar surface area (TPSA) is 109 Å². The molecular weight excluding hydrogens is 479 g/mol. The molecule has 9 nitrogen and oxygen atoms in total. The number of hydrogen-bond acceptors (Lipinski definition) is 5.